The molecule has 1 N–H and O–H groups in total. The zero-order valence-corrected chi connectivity index (χ0v) is 17.8. The van der Waals surface area contributed by atoms with Gasteiger partial charge in [0.2, 0.25) is 0 Å². The molecule has 0 saturated heterocycles. The average molecular weight is 476 g/mol. The first-order valence-corrected chi connectivity index (χ1v) is 10.6. The predicted molar refractivity (Wildman–Crippen MR) is 111 cm³/mol. The lowest BCUT2D eigenvalue weighted by molar-refractivity contribution is -0.140. The highest BCUT2D eigenvalue weighted by Gasteiger charge is 2.39. The minimum absolute atomic E-state index is 0.0489. The van der Waals surface area contributed by atoms with Gasteiger partial charge >= 0.3 is 6.18 Å². The molecule has 0 spiro atoms. The van der Waals surface area contributed by atoms with Crippen LogP contribution in [0.3, 0.4) is 0 Å². The molecule has 2 aliphatic rings. The summed E-state index contributed by atoms with van der Waals surface area (Å²) in [5, 5.41) is 2.34. The van der Waals surface area contributed by atoms with Gasteiger partial charge in [0.05, 0.1) is 24.9 Å². The fourth-order valence-corrected chi connectivity index (χ4v) is 4.35. The summed E-state index contributed by atoms with van der Waals surface area (Å²) in [4.78, 5) is 50.7. The largest absolute Gasteiger partial charge is 0.391 e. The molecule has 1 aliphatic carbocycles. The smallest absolute Gasteiger partial charge is 0.345 e. The van der Waals surface area contributed by atoms with Crippen molar-refractivity contribution < 1.29 is 36.7 Å². The summed E-state index contributed by atoms with van der Waals surface area (Å²) in [7, 11) is 0. The van der Waals surface area contributed by atoms with Crippen molar-refractivity contribution in [1.29, 1.82) is 0 Å². The van der Waals surface area contributed by atoms with Gasteiger partial charge in [-0.05, 0) is 47.9 Å². The van der Waals surface area contributed by atoms with Crippen LogP contribution in [0.2, 0.25) is 0 Å². The number of hydrogen-bond acceptors (Lipinski definition) is 4. The van der Waals surface area contributed by atoms with E-state index in [-0.39, 0.29) is 48.5 Å². The number of ketones is 2. The van der Waals surface area contributed by atoms with E-state index < -0.39 is 42.3 Å². The maximum absolute atomic E-state index is 13.2. The molecular weight excluding hydrogens is 456 g/mol. The van der Waals surface area contributed by atoms with Crippen LogP contribution in [-0.2, 0) is 16.1 Å². The summed E-state index contributed by atoms with van der Waals surface area (Å²) in [6.45, 7) is 0.0594. The summed E-state index contributed by atoms with van der Waals surface area (Å²) < 4.78 is 52.5. The Labute approximate surface area is 191 Å². The molecule has 0 radical (unpaired) electrons. The Balaban J connectivity index is 1.53. The highest BCUT2D eigenvalue weighted by Crippen LogP contribution is 2.32. The van der Waals surface area contributed by atoms with E-state index in [1.165, 1.54) is 35.2 Å². The standard InChI is InChI=1S/C24H20F4N2O4/c25-16-4-1-13(2-5-16)19(11-24(26,27)28)29-22(33)14-3-7-18-15(9-14)12-30(23(18)34)20-8-6-17(31)10-21(20)32/h1-5,7,9,19-20H,6,8,10-12H2,(H,29,33)/t19-,20?/m0/s1. The number of fused-ring (bicyclic) bond motifs is 1. The first-order chi connectivity index (χ1) is 16.0. The third-order valence-corrected chi connectivity index (χ3v) is 6.03. The number of nitrogens with zero attached hydrogens (tertiary/aromatic N) is 1. The molecule has 2 atom stereocenters. The molecule has 1 unspecified atom stereocenters. The van der Waals surface area contributed by atoms with Crippen molar-refractivity contribution in [3.05, 3.63) is 70.5 Å². The highest BCUT2D eigenvalue weighted by atomic mass is 19.4. The fraction of sp³-hybridized carbons (Fsp3) is 0.333. The summed E-state index contributed by atoms with van der Waals surface area (Å²) >= 11 is 0. The average Bonchev–Trinajstić information content (AvgIpc) is 3.08. The number of benzene rings is 2. The Kier molecular flexibility index (Phi) is 6.24. The molecule has 0 aromatic heterocycles. The minimum Gasteiger partial charge on any atom is -0.345 e. The lowest BCUT2D eigenvalue weighted by Gasteiger charge is -2.29. The van der Waals surface area contributed by atoms with Crippen LogP contribution in [0.4, 0.5) is 17.6 Å². The maximum atomic E-state index is 13.2. The Hall–Kier alpha value is -3.56. The normalized spacial score (nSPS) is 19.2. The number of Topliss-reactive ketones (excluding diaryl/α,β-unsaturated/α-hetero) is 2. The Morgan fingerprint density at radius 2 is 1.79 bits per heavy atom. The van der Waals surface area contributed by atoms with Gasteiger partial charge in [0.1, 0.15) is 11.6 Å². The Morgan fingerprint density at radius 1 is 1.09 bits per heavy atom. The highest BCUT2D eigenvalue weighted by molar-refractivity contribution is 6.08. The van der Waals surface area contributed by atoms with Crippen molar-refractivity contribution in [2.24, 2.45) is 0 Å². The monoisotopic (exact) mass is 476 g/mol. The molecule has 1 fully saturated rings. The van der Waals surface area contributed by atoms with E-state index in [1.807, 2.05) is 0 Å². The lowest BCUT2D eigenvalue weighted by atomic mass is 9.92. The predicted octanol–water partition coefficient (Wildman–Crippen LogP) is 3.90. The first-order valence-electron chi connectivity index (χ1n) is 10.6. The number of amides is 2. The zero-order chi connectivity index (χ0) is 24.6. The molecule has 2 aromatic carbocycles. The van der Waals surface area contributed by atoms with E-state index in [0.717, 1.165) is 12.1 Å². The molecule has 10 heteroatoms. The molecular formula is C24H20F4N2O4. The molecule has 2 aromatic rings. The van der Waals surface area contributed by atoms with Crippen LogP contribution in [0.5, 0.6) is 0 Å². The SMILES string of the molecule is O=C1CCC(N2Cc3cc(C(=O)N[C@@H](CC(F)(F)F)c4ccc(F)cc4)ccc3C2=O)C(=O)C1. The van der Waals surface area contributed by atoms with E-state index in [2.05, 4.69) is 5.32 Å². The number of carbonyl (C=O) groups excluding carboxylic acids is 4. The van der Waals surface area contributed by atoms with Crippen LogP contribution in [0.25, 0.3) is 0 Å². The summed E-state index contributed by atoms with van der Waals surface area (Å²) in [6.07, 6.45) is -5.70. The van der Waals surface area contributed by atoms with Gasteiger partial charge in [-0.15, -0.1) is 0 Å². The zero-order valence-electron chi connectivity index (χ0n) is 17.8. The number of carbonyl (C=O) groups is 4. The van der Waals surface area contributed by atoms with Crippen molar-refractivity contribution in [3.8, 4) is 0 Å². The van der Waals surface area contributed by atoms with Crippen molar-refractivity contribution in [2.45, 2.75) is 50.5 Å². The lowest BCUT2D eigenvalue weighted by Crippen LogP contribution is -2.44. The maximum Gasteiger partial charge on any atom is 0.391 e. The van der Waals surface area contributed by atoms with Gasteiger partial charge in [0.25, 0.3) is 11.8 Å². The molecule has 34 heavy (non-hydrogen) atoms. The molecule has 6 nitrogen and oxygen atoms in total. The van der Waals surface area contributed by atoms with Gasteiger partial charge in [0, 0.05) is 24.1 Å². The van der Waals surface area contributed by atoms with Gasteiger partial charge in [-0.2, -0.15) is 13.2 Å². The van der Waals surface area contributed by atoms with Crippen molar-refractivity contribution in [3.63, 3.8) is 0 Å². The second kappa shape index (κ2) is 9.00. The topological polar surface area (TPSA) is 83.6 Å². The van der Waals surface area contributed by atoms with Crippen LogP contribution in [0.15, 0.2) is 42.5 Å². The van der Waals surface area contributed by atoms with Crippen LogP contribution in [0, 0.1) is 5.82 Å². The number of rotatable bonds is 5. The Morgan fingerprint density at radius 3 is 2.44 bits per heavy atom. The third-order valence-electron chi connectivity index (χ3n) is 6.03. The Bertz CT molecular complexity index is 1160. The van der Waals surface area contributed by atoms with E-state index in [0.29, 0.717) is 11.1 Å². The van der Waals surface area contributed by atoms with E-state index >= 15 is 0 Å². The van der Waals surface area contributed by atoms with Gasteiger partial charge in [-0.3, -0.25) is 19.2 Å². The van der Waals surface area contributed by atoms with Gasteiger partial charge in [-0.1, -0.05) is 12.1 Å². The van der Waals surface area contributed by atoms with Crippen molar-refractivity contribution >= 4 is 23.4 Å². The van der Waals surface area contributed by atoms with Crippen molar-refractivity contribution in [2.75, 3.05) is 0 Å². The van der Waals surface area contributed by atoms with Gasteiger partial charge in [0.15, 0.2) is 5.78 Å². The minimum atomic E-state index is -4.58. The molecule has 1 saturated carbocycles. The summed E-state index contributed by atoms with van der Waals surface area (Å²) in [5.74, 6) is -2.29. The van der Waals surface area contributed by atoms with E-state index in [1.54, 1.807) is 0 Å². The van der Waals surface area contributed by atoms with Crippen LogP contribution in [-0.4, -0.2) is 40.5 Å². The first kappa shape index (κ1) is 23.6. The van der Waals surface area contributed by atoms with Crippen LogP contribution in [0.1, 0.15) is 63.6 Å². The van der Waals surface area contributed by atoms with E-state index in [4.69, 9.17) is 0 Å². The molecule has 2 amide bonds. The second-order valence-electron chi connectivity index (χ2n) is 8.44. The molecule has 4 rings (SSSR count). The van der Waals surface area contributed by atoms with Crippen LogP contribution < -0.4 is 5.32 Å². The summed E-state index contributed by atoms with van der Waals surface area (Å²) in [6, 6.07) is 6.38. The number of alkyl halides is 3. The molecule has 1 aliphatic heterocycles. The van der Waals surface area contributed by atoms with Crippen molar-refractivity contribution in [1.82, 2.24) is 10.2 Å². The summed E-state index contributed by atoms with van der Waals surface area (Å²) in [5.41, 5.74) is 0.913. The number of halogens is 4. The van der Waals surface area contributed by atoms with Gasteiger partial charge < -0.3 is 10.2 Å². The fourth-order valence-electron chi connectivity index (χ4n) is 4.35. The van der Waals surface area contributed by atoms with Crippen LogP contribution >= 0.6 is 0 Å². The molecule has 1 heterocycles. The second-order valence-corrected chi connectivity index (χ2v) is 8.44. The molecule has 0 bridgehead atoms. The molecule has 178 valence electrons. The third kappa shape index (κ3) is 5.00. The quantitative estimate of drug-likeness (QED) is 0.524. The number of nitrogens with one attached hydrogen (secondary N) is 1. The van der Waals surface area contributed by atoms with E-state index in [9.17, 15) is 36.7 Å². The van der Waals surface area contributed by atoms with Gasteiger partial charge in [-0.25, -0.2) is 4.39 Å². The number of hydrogen-bond donors (Lipinski definition) is 1.